The zero-order chi connectivity index (χ0) is 24.9. The number of aliphatic hydroxyl groups excluding tert-OH is 3. The maximum absolute atomic E-state index is 13.6. The fourth-order valence-corrected chi connectivity index (χ4v) is 10.9. The zero-order valence-corrected chi connectivity index (χ0v) is 22.4. The van der Waals surface area contributed by atoms with E-state index in [1.165, 1.54) is 5.57 Å². The van der Waals surface area contributed by atoms with Gasteiger partial charge < -0.3 is 15.3 Å². The average Bonchev–Trinajstić information content (AvgIpc) is 2.90. The lowest BCUT2D eigenvalue weighted by Gasteiger charge is -2.64. The summed E-state index contributed by atoms with van der Waals surface area (Å²) in [4.78, 5) is 13.6. The second-order valence-electron chi connectivity index (χ2n) is 14.8. The predicted molar refractivity (Wildman–Crippen MR) is 134 cm³/mol. The van der Waals surface area contributed by atoms with Gasteiger partial charge in [-0.3, -0.25) is 4.79 Å². The summed E-state index contributed by atoms with van der Waals surface area (Å²) >= 11 is 0. The number of aliphatic hydroxyl groups is 3. The van der Waals surface area contributed by atoms with Gasteiger partial charge in [-0.2, -0.15) is 0 Å². The van der Waals surface area contributed by atoms with Crippen LogP contribution < -0.4 is 0 Å². The Hall–Kier alpha value is -0.710. The van der Waals surface area contributed by atoms with Crippen LogP contribution in [0.5, 0.6) is 0 Å². The molecule has 0 heterocycles. The third-order valence-corrected chi connectivity index (χ3v) is 12.7. The number of fused-ring (bicyclic) bond motifs is 6. The third-order valence-electron chi connectivity index (χ3n) is 12.7. The molecule has 4 fully saturated rings. The van der Waals surface area contributed by atoms with Crippen molar-refractivity contribution in [1.29, 1.82) is 0 Å². The molecule has 0 amide bonds. The Morgan fingerprint density at radius 3 is 2.15 bits per heavy atom. The normalized spacial score (nSPS) is 54.6. The topological polar surface area (TPSA) is 77.8 Å². The molecule has 10 atom stereocenters. The van der Waals surface area contributed by atoms with Crippen LogP contribution in [0.25, 0.3) is 0 Å². The number of carbonyl (C=O) groups is 1. The minimum absolute atomic E-state index is 0.0529. The van der Waals surface area contributed by atoms with Crippen LogP contribution in [0.3, 0.4) is 0 Å². The Morgan fingerprint density at radius 2 is 1.47 bits per heavy atom. The lowest BCUT2D eigenvalue weighted by atomic mass is 9.42. The smallest absolute Gasteiger partial charge is 0.159 e. The Morgan fingerprint density at radius 1 is 0.824 bits per heavy atom. The molecule has 0 saturated heterocycles. The highest BCUT2D eigenvalue weighted by molar-refractivity contribution is 5.95. The summed E-state index contributed by atoms with van der Waals surface area (Å²) in [6, 6.07) is 0. The van der Waals surface area contributed by atoms with Gasteiger partial charge in [0.2, 0.25) is 0 Å². The van der Waals surface area contributed by atoms with Crippen molar-refractivity contribution in [2.45, 2.75) is 112 Å². The lowest BCUT2D eigenvalue weighted by molar-refractivity contribution is -0.189. The first kappa shape index (κ1) is 25.0. The first-order chi connectivity index (χ1) is 15.7. The van der Waals surface area contributed by atoms with Crippen LogP contribution in [0.4, 0.5) is 0 Å². The van der Waals surface area contributed by atoms with Gasteiger partial charge in [0.15, 0.2) is 5.78 Å². The summed E-state index contributed by atoms with van der Waals surface area (Å²) in [5, 5.41) is 32.1. The molecule has 5 aliphatic rings. The largest absolute Gasteiger partial charge is 0.396 e. The van der Waals surface area contributed by atoms with E-state index in [0.717, 1.165) is 57.8 Å². The molecule has 5 aliphatic carbocycles. The standard InChI is InChI=1S/C30H48O4/c1-26(2)23(33)10-13-28(4)19-7-8-21-27(3,16-18(19)15-20(32)25(26)28)12-9-22-29(21,5)14-11-24(34)30(22,6)17-31/h15,19,21-25,31,33-34H,7-14,16-17H2,1-6H3/t19-,21-,22+,23?,24?,25-,27-,28+,29+,30+/m0/s1. The molecule has 0 radical (unpaired) electrons. The molecular formula is C30H48O4. The molecule has 0 aromatic carbocycles. The van der Waals surface area contributed by atoms with Crippen LogP contribution in [-0.2, 0) is 4.79 Å². The van der Waals surface area contributed by atoms with Crippen LogP contribution in [0, 0.1) is 50.7 Å². The predicted octanol–water partition coefficient (Wildman–Crippen LogP) is 5.29. The van der Waals surface area contributed by atoms with Crippen molar-refractivity contribution in [1.82, 2.24) is 0 Å². The Balaban J connectivity index is 1.54. The maximum atomic E-state index is 13.6. The van der Waals surface area contributed by atoms with Gasteiger partial charge in [0.1, 0.15) is 0 Å². The highest BCUT2D eigenvalue weighted by Gasteiger charge is 2.64. The first-order valence-corrected chi connectivity index (χ1v) is 14.0. The number of carbonyl (C=O) groups excluding carboxylic acids is 1. The van der Waals surface area contributed by atoms with Crippen molar-refractivity contribution in [2.75, 3.05) is 6.61 Å². The van der Waals surface area contributed by atoms with E-state index in [0.29, 0.717) is 17.8 Å². The van der Waals surface area contributed by atoms with Crippen LogP contribution >= 0.6 is 0 Å². The molecule has 34 heavy (non-hydrogen) atoms. The SMILES string of the molecule is CC1(C)C(O)CC[C@]2(C)[C@H]3CC[C@H]4[C@@](C)(CC[C@@H]5[C@]4(C)CCC(O)[C@]5(C)CO)CC3=CC(=O)[C@@H]12. The monoisotopic (exact) mass is 472 g/mol. The summed E-state index contributed by atoms with van der Waals surface area (Å²) in [5.41, 5.74) is 0.722. The summed E-state index contributed by atoms with van der Waals surface area (Å²) in [7, 11) is 0. The third kappa shape index (κ3) is 3.10. The molecule has 4 nitrogen and oxygen atoms in total. The quantitative estimate of drug-likeness (QED) is 0.484. The van der Waals surface area contributed by atoms with Gasteiger partial charge in [0.05, 0.1) is 18.8 Å². The van der Waals surface area contributed by atoms with E-state index >= 15 is 0 Å². The number of hydrogen-bond donors (Lipinski definition) is 3. The van der Waals surface area contributed by atoms with Gasteiger partial charge >= 0.3 is 0 Å². The van der Waals surface area contributed by atoms with Crippen LogP contribution in [0.2, 0.25) is 0 Å². The number of hydrogen-bond acceptors (Lipinski definition) is 4. The summed E-state index contributed by atoms with van der Waals surface area (Å²) in [6.45, 7) is 13.6. The first-order valence-electron chi connectivity index (χ1n) is 14.0. The summed E-state index contributed by atoms with van der Waals surface area (Å²) in [6.07, 6.45) is 10.1. The number of rotatable bonds is 1. The van der Waals surface area contributed by atoms with Crippen LogP contribution in [-0.4, -0.2) is 39.9 Å². The van der Waals surface area contributed by atoms with Gasteiger partial charge in [-0.05, 0) is 97.9 Å². The molecule has 4 heteroatoms. The summed E-state index contributed by atoms with van der Waals surface area (Å²) in [5.74, 6) is 1.40. The Kier molecular flexibility index (Phi) is 5.62. The molecule has 0 bridgehead atoms. The number of allylic oxidation sites excluding steroid dienone is 2. The second kappa shape index (κ2) is 7.65. The molecule has 0 aromatic rings. The van der Waals surface area contributed by atoms with Gasteiger partial charge in [-0.25, -0.2) is 0 Å². The molecule has 192 valence electrons. The van der Waals surface area contributed by atoms with E-state index < -0.39 is 23.0 Å². The van der Waals surface area contributed by atoms with E-state index in [-0.39, 0.29) is 34.6 Å². The second-order valence-corrected chi connectivity index (χ2v) is 14.8. The van der Waals surface area contributed by atoms with Crippen molar-refractivity contribution in [2.24, 2.45) is 50.7 Å². The molecule has 3 N–H and O–H groups in total. The van der Waals surface area contributed by atoms with Crippen LogP contribution in [0.1, 0.15) is 99.3 Å². The van der Waals surface area contributed by atoms with Gasteiger partial charge in [0.25, 0.3) is 0 Å². The minimum atomic E-state index is -0.427. The highest BCUT2D eigenvalue weighted by Crippen LogP contribution is 2.70. The molecule has 0 aliphatic heterocycles. The fourth-order valence-electron chi connectivity index (χ4n) is 10.9. The molecule has 2 unspecified atom stereocenters. The highest BCUT2D eigenvalue weighted by atomic mass is 16.3. The summed E-state index contributed by atoms with van der Waals surface area (Å²) < 4.78 is 0. The Bertz CT molecular complexity index is 892. The Labute approximate surface area is 206 Å². The maximum Gasteiger partial charge on any atom is 0.159 e. The van der Waals surface area contributed by atoms with Gasteiger partial charge in [0, 0.05) is 16.7 Å². The van der Waals surface area contributed by atoms with Gasteiger partial charge in [-0.15, -0.1) is 0 Å². The van der Waals surface area contributed by atoms with E-state index in [4.69, 9.17) is 0 Å². The van der Waals surface area contributed by atoms with Crippen molar-refractivity contribution in [3.8, 4) is 0 Å². The molecule has 0 spiro atoms. The van der Waals surface area contributed by atoms with Crippen molar-refractivity contribution in [3.63, 3.8) is 0 Å². The lowest BCUT2D eigenvalue weighted by Crippen LogP contribution is -2.60. The fraction of sp³-hybridized carbons (Fsp3) is 0.900. The minimum Gasteiger partial charge on any atom is -0.396 e. The number of ketones is 1. The van der Waals surface area contributed by atoms with Crippen molar-refractivity contribution < 1.29 is 20.1 Å². The van der Waals surface area contributed by atoms with Crippen LogP contribution in [0.15, 0.2) is 11.6 Å². The zero-order valence-electron chi connectivity index (χ0n) is 22.4. The van der Waals surface area contributed by atoms with Crippen molar-refractivity contribution >= 4 is 5.78 Å². The van der Waals surface area contributed by atoms with E-state index in [1.807, 2.05) is 6.08 Å². The van der Waals surface area contributed by atoms with E-state index in [9.17, 15) is 20.1 Å². The van der Waals surface area contributed by atoms with Crippen molar-refractivity contribution in [3.05, 3.63) is 11.6 Å². The van der Waals surface area contributed by atoms with E-state index in [1.54, 1.807) is 0 Å². The molecule has 0 aromatic heterocycles. The molecule has 4 saturated carbocycles. The molecule has 5 rings (SSSR count). The average molecular weight is 473 g/mol. The van der Waals surface area contributed by atoms with Gasteiger partial charge in [-0.1, -0.05) is 47.1 Å². The van der Waals surface area contributed by atoms with E-state index in [2.05, 4.69) is 41.5 Å². The molecular weight excluding hydrogens is 424 g/mol.